The van der Waals surface area contributed by atoms with Gasteiger partial charge in [-0.25, -0.2) is 9.97 Å². The Kier molecular flexibility index (Phi) is 5.89. The standard InChI is InChI=1S/C26H35N5O/c1-17-28-24(18-7-9-21(10-8-18)30(2)3)14-25(29-17)23-16-31-12-11-20(23)13-22(31)15-27-26(32)19-5-4-6-19/h7-10,14,19-20,22-23H,4-6,11-13,15-16H2,1-3H3,(H,27,32)/t20-,22+,23-/m0/s1. The molecule has 1 N–H and O–H groups in total. The number of piperidine rings is 3. The van der Waals surface area contributed by atoms with Crippen LogP contribution >= 0.6 is 0 Å². The van der Waals surface area contributed by atoms with E-state index in [1.165, 1.54) is 24.2 Å². The zero-order valence-corrected chi connectivity index (χ0v) is 19.6. The Labute approximate surface area is 191 Å². The fraction of sp³-hybridized carbons (Fsp3) is 0.577. The summed E-state index contributed by atoms with van der Waals surface area (Å²) >= 11 is 0. The predicted molar refractivity (Wildman–Crippen MR) is 128 cm³/mol. The van der Waals surface area contributed by atoms with Crippen molar-refractivity contribution in [2.24, 2.45) is 11.8 Å². The van der Waals surface area contributed by atoms with Gasteiger partial charge in [-0.1, -0.05) is 18.6 Å². The molecule has 0 spiro atoms. The number of amides is 1. The van der Waals surface area contributed by atoms with E-state index in [-0.39, 0.29) is 11.8 Å². The highest BCUT2D eigenvalue weighted by molar-refractivity contribution is 5.79. The van der Waals surface area contributed by atoms with E-state index >= 15 is 0 Å². The number of nitrogens with one attached hydrogen (secondary N) is 1. The van der Waals surface area contributed by atoms with Gasteiger partial charge in [-0.05, 0) is 63.3 Å². The van der Waals surface area contributed by atoms with E-state index in [0.717, 1.165) is 56.0 Å². The van der Waals surface area contributed by atoms with Gasteiger partial charge in [0.25, 0.3) is 0 Å². The highest BCUT2D eigenvalue weighted by Gasteiger charge is 2.41. The molecule has 2 bridgehead atoms. The number of benzene rings is 1. The summed E-state index contributed by atoms with van der Waals surface area (Å²) in [5.41, 5.74) is 4.52. The molecule has 32 heavy (non-hydrogen) atoms. The third kappa shape index (κ3) is 4.25. The first-order valence-electron chi connectivity index (χ1n) is 12.1. The maximum Gasteiger partial charge on any atom is 0.223 e. The van der Waals surface area contributed by atoms with Crippen LogP contribution in [0.25, 0.3) is 11.3 Å². The van der Waals surface area contributed by atoms with Crippen molar-refractivity contribution in [3.05, 3.63) is 41.9 Å². The molecule has 1 unspecified atom stereocenters. The third-order valence-electron chi connectivity index (χ3n) is 7.78. The van der Waals surface area contributed by atoms with Gasteiger partial charge in [-0.3, -0.25) is 9.69 Å². The minimum absolute atomic E-state index is 0.270. The zero-order chi connectivity index (χ0) is 22.2. The van der Waals surface area contributed by atoms with E-state index in [0.29, 0.717) is 17.9 Å². The molecule has 6 rings (SSSR count). The molecular formula is C26H35N5O. The topological polar surface area (TPSA) is 61.4 Å². The van der Waals surface area contributed by atoms with Crippen LogP contribution in [0.3, 0.4) is 0 Å². The van der Waals surface area contributed by atoms with Gasteiger partial charge in [0.15, 0.2) is 0 Å². The van der Waals surface area contributed by atoms with Crippen molar-refractivity contribution < 1.29 is 4.79 Å². The molecule has 2 aromatic rings. The fourth-order valence-electron chi connectivity index (χ4n) is 5.58. The first-order valence-corrected chi connectivity index (χ1v) is 12.1. The Morgan fingerprint density at radius 1 is 1.16 bits per heavy atom. The molecule has 4 atom stereocenters. The van der Waals surface area contributed by atoms with Crippen molar-refractivity contribution in [3.63, 3.8) is 0 Å². The number of fused-ring (bicyclic) bond motifs is 3. The molecule has 1 amide bonds. The lowest BCUT2D eigenvalue weighted by atomic mass is 9.74. The van der Waals surface area contributed by atoms with Gasteiger partial charge in [0.2, 0.25) is 5.91 Å². The van der Waals surface area contributed by atoms with Crippen LogP contribution in [0.1, 0.15) is 49.5 Å². The molecule has 4 fully saturated rings. The first kappa shape index (κ1) is 21.4. The van der Waals surface area contributed by atoms with Crippen LogP contribution in [0, 0.1) is 18.8 Å². The number of nitrogens with zero attached hydrogens (tertiary/aromatic N) is 4. The van der Waals surface area contributed by atoms with Crippen LogP contribution in [0.4, 0.5) is 5.69 Å². The summed E-state index contributed by atoms with van der Waals surface area (Å²) in [4.78, 5) is 26.6. The van der Waals surface area contributed by atoms with Gasteiger partial charge in [0.05, 0.1) is 5.69 Å². The van der Waals surface area contributed by atoms with Gasteiger partial charge in [-0.2, -0.15) is 0 Å². The van der Waals surface area contributed by atoms with Crippen molar-refractivity contribution in [3.8, 4) is 11.3 Å². The number of carbonyl (C=O) groups excluding carboxylic acids is 1. The second-order valence-corrected chi connectivity index (χ2v) is 10.1. The minimum Gasteiger partial charge on any atom is -0.378 e. The average Bonchev–Trinajstić information content (AvgIpc) is 2.76. The van der Waals surface area contributed by atoms with Crippen molar-refractivity contribution in [1.82, 2.24) is 20.2 Å². The van der Waals surface area contributed by atoms with E-state index in [2.05, 4.69) is 59.5 Å². The summed E-state index contributed by atoms with van der Waals surface area (Å²) in [5.74, 6) is 2.46. The molecule has 0 radical (unpaired) electrons. The van der Waals surface area contributed by atoms with Crippen molar-refractivity contribution >= 4 is 11.6 Å². The SMILES string of the molecule is Cc1nc(-c2ccc(N(C)C)cc2)cc([C@H]2CN3CC[C@H]2C[C@@H]3CNC(=O)C2CCC2)n1. The van der Waals surface area contributed by atoms with Crippen LogP contribution in [0.5, 0.6) is 0 Å². The number of rotatable bonds is 6. The lowest BCUT2D eigenvalue weighted by Crippen LogP contribution is -2.56. The summed E-state index contributed by atoms with van der Waals surface area (Å²) in [7, 11) is 4.11. The molecule has 1 aromatic carbocycles. The van der Waals surface area contributed by atoms with E-state index in [1.54, 1.807) is 0 Å². The van der Waals surface area contributed by atoms with Crippen molar-refractivity contribution in [1.29, 1.82) is 0 Å². The van der Waals surface area contributed by atoms with Gasteiger partial charge < -0.3 is 10.2 Å². The Bertz CT molecular complexity index is 969. The Morgan fingerprint density at radius 2 is 1.94 bits per heavy atom. The first-order chi connectivity index (χ1) is 15.5. The Morgan fingerprint density at radius 3 is 2.56 bits per heavy atom. The summed E-state index contributed by atoms with van der Waals surface area (Å²) < 4.78 is 0. The van der Waals surface area contributed by atoms with Gasteiger partial charge in [-0.15, -0.1) is 0 Å². The molecule has 170 valence electrons. The maximum atomic E-state index is 12.3. The largest absolute Gasteiger partial charge is 0.378 e. The van der Waals surface area contributed by atoms with E-state index in [9.17, 15) is 4.79 Å². The smallest absolute Gasteiger partial charge is 0.223 e. The second-order valence-electron chi connectivity index (χ2n) is 10.1. The molecule has 4 aliphatic rings. The van der Waals surface area contributed by atoms with Crippen LogP contribution in [0.2, 0.25) is 0 Å². The average molecular weight is 434 g/mol. The number of anilines is 1. The maximum absolute atomic E-state index is 12.3. The number of hydrogen-bond donors (Lipinski definition) is 1. The normalized spacial score (nSPS) is 27.1. The van der Waals surface area contributed by atoms with Crippen LogP contribution in [-0.4, -0.2) is 60.5 Å². The summed E-state index contributed by atoms with van der Waals surface area (Å²) in [6.45, 7) is 4.96. The molecule has 3 aliphatic heterocycles. The molecule has 3 saturated heterocycles. The molecule has 1 aromatic heterocycles. The van der Waals surface area contributed by atoms with E-state index in [1.807, 2.05) is 6.92 Å². The van der Waals surface area contributed by atoms with Gasteiger partial charge >= 0.3 is 0 Å². The molecule has 6 nitrogen and oxygen atoms in total. The highest BCUT2D eigenvalue weighted by atomic mass is 16.1. The summed E-state index contributed by atoms with van der Waals surface area (Å²) in [6, 6.07) is 11.3. The van der Waals surface area contributed by atoms with Crippen molar-refractivity contribution in [2.45, 2.75) is 51.0 Å². The fourth-order valence-corrected chi connectivity index (χ4v) is 5.58. The van der Waals surface area contributed by atoms with E-state index < -0.39 is 0 Å². The number of aryl methyl sites for hydroxylation is 1. The second kappa shape index (κ2) is 8.81. The van der Waals surface area contributed by atoms with Crippen molar-refractivity contribution in [2.75, 3.05) is 38.6 Å². The summed E-state index contributed by atoms with van der Waals surface area (Å²) in [6.07, 6.45) is 5.70. The molecule has 4 heterocycles. The zero-order valence-electron chi connectivity index (χ0n) is 19.6. The lowest BCUT2D eigenvalue weighted by molar-refractivity contribution is -0.127. The highest BCUT2D eigenvalue weighted by Crippen LogP contribution is 2.41. The molecular weight excluding hydrogens is 398 g/mol. The Hall–Kier alpha value is -2.47. The predicted octanol–water partition coefficient (Wildman–Crippen LogP) is 3.61. The van der Waals surface area contributed by atoms with Gasteiger partial charge in [0, 0.05) is 62.0 Å². The van der Waals surface area contributed by atoms with Crippen LogP contribution in [-0.2, 0) is 4.79 Å². The summed E-state index contributed by atoms with van der Waals surface area (Å²) in [5, 5.41) is 3.24. The third-order valence-corrected chi connectivity index (χ3v) is 7.78. The number of aromatic nitrogens is 2. The number of carbonyl (C=O) groups is 1. The lowest BCUT2D eigenvalue weighted by Gasteiger charge is -2.50. The Balaban J connectivity index is 1.29. The monoisotopic (exact) mass is 433 g/mol. The van der Waals surface area contributed by atoms with Crippen LogP contribution in [0.15, 0.2) is 30.3 Å². The van der Waals surface area contributed by atoms with Gasteiger partial charge in [0.1, 0.15) is 5.82 Å². The minimum atomic E-state index is 0.270. The van der Waals surface area contributed by atoms with Crippen LogP contribution < -0.4 is 10.2 Å². The molecule has 6 heteroatoms. The quantitative estimate of drug-likeness (QED) is 0.754. The number of hydrogen-bond acceptors (Lipinski definition) is 5. The molecule has 1 aliphatic carbocycles. The molecule has 1 saturated carbocycles. The van der Waals surface area contributed by atoms with E-state index in [4.69, 9.17) is 9.97 Å².